The van der Waals surface area contributed by atoms with Gasteiger partial charge in [0.05, 0.1) is 5.92 Å². The molecular formula is C17H23NO5. The fourth-order valence-corrected chi connectivity index (χ4v) is 2.53. The van der Waals surface area contributed by atoms with Gasteiger partial charge in [0.1, 0.15) is 19.3 Å². The van der Waals surface area contributed by atoms with Gasteiger partial charge in [0.25, 0.3) is 0 Å². The second-order valence-electron chi connectivity index (χ2n) is 5.11. The number of rotatable bonds is 8. The van der Waals surface area contributed by atoms with Gasteiger partial charge in [-0.3, -0.25) is 9.59 Å². The molecule has 1 rings (SSSR count). The maximum Gasteiger partial charge on any atom is 0.330 e. The molecule has 1 aliphatic heterocycles. The molecule has 0 aromatic carbocycles. The predicted molar refractivity (Wildman–Crippen MR) is 85.4 cm³/mol. The van der Waals surface area contributed by atoms with E-state index in [2.05, 4.69) is 19.7 Å². The smallest absolute Gasteiger partial charge is 0.330 e. The number of piperidine rings is 1. The van der Waals surface area contributed by atoms with Crippen molar-refractivity contribution >= 4 is 17.8 Å². The molecule has 0 bridgehead atoms. The molecule has 2 atom stereocenters. The van der Waals surface area contributed by atoms with Crippen molar-refractivity contribution in [1.82, 2.24) is 4.90 Å². The van der Waals surface area contributed by atoms with Gasteiger partial charge in [-0.2, -0.15) is 0 Å². The van der Waals surface area contributed by atoms with Crippen LogP contribution in [0.25, 0.3) is 0 Å². The van der Waals surface area contributed by atoms with Crippen LogP contribution in [0.3, 0.4) is 0 Å². The Hall–Kier alpha value is -2.37. The number of carbonyl (C=O) groups excluding carboxylic acids is 3. The third-order valence-electron chi connectivity index (χ3n) is 3.50. The van der Waals surface area contributed by atoms with Gasteiger partial charge in [0, 0.05) is 13.0 Å². The number of carbonyl (C=O) groups is 3. The lowest BCUT2D eigenvalue weighted by Gasteiger charge is -2.38. The van der Waals surface area contributed by atoms with Crippen LogP contribution in [-0.2, 0) is 23.9 Å². The summed E-state index contributed by atoms with van der Waals surface area (Å²) in [5.41, 5.74) is 0. The largest absolute Gasteiger partial charge is 0.461 e. The van der Waals surface area contributed by atoms with Crippen molar-refractivity contribution in [3.8, 4) is 0 Å². The Labute approximate surface area is 136 Å². The minimum absolute atomic E-state index is 0.0211. The van der Waals surface area contributed by atoms with Gasteiger partial charge in [0.15, 0.2) is 0 Å². The molecular weight excluding hydrogens is 298 g/mol. The zero-order valence-corrected chi connectivity index (χ0v) is 13.2. The van der Waals surface area contributed by atoms with E-state index in [0.717, 1.165) is 0 Å². The van der Waals surface area contributed by atoms with Crippen molar-refractivity contribution in [2.75, 3.05) is 19.8 Å². The van der Waals surface area contributed by atoms with E-state index in [-0.39, 0.29) is 25.5 Å². The van der Waals surface area contributed by atoms with Gasteiger partial charge in [-0.1, -0.05) is 31.4 Å². The Kier molecular flexibility index (Phi) is 7.80. The molecule has 0 aliphatic carbocycles. The quantitative estimate of drug-likeness (QED) is 0.502. The highest BCUT2D eigenvalue weighted by molar-refractivity contribution is 5.90. The number of nitrogens with zero attached hydrogens (tertiary/aromatic N) is 1. The summed E-state index contributed by atoms with van der Waals surface area (Å²) in [4.78, 5) is 38.2. The summed E-state index contributed by atoms with van der Waals surface area (Å²) < 4.78 is 10.1. The summed E-state index contributed by atoms with van der Waals surface area (Å²) >= 11 is 0. The molecule has 1 saturated heterocycles. The highest BCUT2D eigenvalue weighted by atomic mass is 16.5. The molecule has 0 unspecified atom stereocenters. The first kappa shape index (κ1) is 18.7. The average Bonchev–Trinajstić information content (AvgIpc) is 2.56. The van der Waals surface area contributed by atoms with Crippen molar-refractivity contribution in [3.05, 3.63) is 38.0 Å². The first-order valence-corrected chi connectivity index (χ1v) is 7.52. The topological polar surface area (TPSA) is 72.9 Å². The Morgan fingerprint density at radius 1 is 1.00 bits per heavy atom. The Balaban J connectivity index is 2.99. The predicted octanol–water partition coefficient (Wildman–Crippen LogP) is 1.63. The second kappa shape index (κ2) is 9.61. The summed E-state index contributed by atoms with van der Waals surface area (Å²) in [6.45, 7) is 11.0. The Morgan fingerprint density at radius 3 is 2.17 bits per heavy atom. The molecule has 6 nitrogen and oxygen atoms in total. The fraction of sp³-hybridized carbons (Fsp3) is 0.471. The molecule has 6 heteroatoms. The minimum atomic E-state index is -0.978. The van der Waals surface area contributed by atoms with Crippen LogP contribution < -0.4 is 0 Å². The number of ether oxygens (including phenoxy) is 2. The summed E-state index contributed by atoms with van der Waals surface area (Å²) in [6.07, 6.45) is 5.52. The maximum atomic E-state index is 12.3. The molecule has 0 saturated carbocycles. The van der Waals surface area contributed by atoms with E-state index in [1.807, 2.05) is 0 Å². The lowest BCUT2D eigenvalue weighted by Crippen LogP contribution is -2.55. The molecule has 0 spiro atoms. The van der Waals surface area contributed by atoms with Crippen LogP contribution in [0.1, 0.15) is 19.3 Å². The van der Waals surface area contributed by atoms with E-state index < -0.39 is 23.9 Å². The number of esters is 2. The van der Waals surface area contributed by atoms with E-state index in [1.54, 1.807) is 0 Å². The van der Waals surface area contributed by atoms with E-state index in [0.29, 0.717) is 19.4 Å². The molecule has 126 valence electrons. The van der Waals surface area contributed by atoms with Crippen LogP contribution >= 0.6 is 0 Å². The lowest BCUT2D eigenvalue weighted by atomic mass is 9.88. The van der Waals surface area contributed by atoms with Crippen LogP contribution in [0.5, 0.6) is 0 Å². The van der Waals surface area contributed by atoms with Crippen molar-refractivity contribution < 1.29 is 23.9 Å². The van der Waals surface area contributed by atoms with Gasteiger partial charge in [0.2, 0.25) is 5.91 Å². The molecule has 1 fully saturated rings. The summed E-state index contributed by atoms with van der Waals surface area (Å²) in [6, 6.07) is -0.978. The van der Waals surface area contributed by atoms with Crippen molar-refractivity contribution in [3.63, 3.8) is 0 Å². The van der Waals surface area contributed by atoms with Gasteiger partial charge in [-0.15, -0.1) is 6.58 Å². The average molecular weight is 321 g/mol. The van der Waals surface area contributed by atoms with Crippen molar-refractivity contribution in [2.45, 2.75) is 25.3 Å². The minimum Gasteiger partial charge on any atom is -0.461 e. The van der Waals surface area contributed by atoms with Crippen LogP contribution in [0.4, 0.5) is 0 Å². The highest BCUT2D eigenvalue weighted by Gasteiger charge is 2.44. The molecule has 1 amide bonds. The number of amides is 1. The van der Waals surface area contributed by atoms with Crippen LogP contribution in [0.2, 0.25) is 0 Å². The first-order valence-electron chi connectivity index (χ1n) is 7.52. The van der Waals surface area contributed by atoms with E-state index in [4.69, 9.17) is 9.47 Å². The normalized spacial score (nSPS) is 20.3. The van der Waals surface area contributed by atoms with E-state index in [1.165, 1.54) is 23.1 Å². The zero-order chi connectivity index (χ0) is 17.2. The summed E-state index contributed by atoms with van der Waals surface area (Å²) in [7, 11) is 0. The third kappa shape index (κ3) is 5.09. The molecule has 0 N–H and O–H groups in total. The van der Waals surface area contributed by atoms with E-state index >= 15 is 0 Å². The van der Waals surface area contributed by atoms with E-state index in [9.17, 15) is 14.4 Å². The second-order valence-corrected chi connectivity index (χ2v) is 5.11. The monoisotopic (exact) mass is 321 g/mol. The van der Waals surface area contributed by atoms with Crippen molar-refractivity contribution in [1.29, 1.82) is 0 Å². The summed E-state index contributed by atoms with van der Waals surface area (Å²) in [5, 5.41) is 0. The zero-order valence-electron chi connectivity index (χ0n) is 13.2. The standard InChI is InChI=1S/C17H23NO5/c1-4-8-14(19)18-10-7-9-13(16(20)22-11-5-2)15(18)17(21)23-12-6-3/h4-6,13,15H,1-3,7-12H2/t13-,15+/m1/s1. The SMILES string of the molecule is C=CCOC(=O)[C@@H]1[C@H](C(=O)OCC=C)CCCN1C(=O)CC=C. The fourth-order valence-electron chi connectivity index (χ4n) is 2.53. The number of hydrogen-bond donors (Lipinski definition) is 0. The lowest BCUT2D eigenvalue weighted by molar-refractivity contribution is -0.167. The Bertz CT molecular complexity index is 485. The Morgan fingerprint density at radius 2 is 1.61 bits per heavy atom. The molecule has 23 heavy (non-hydrogen) atoms. The van der Waals surface area contributed by atoms with Crippen LogP contribution in [0.15, 0.2) is 38.0 Å². The first-order chi connectivity index (χ1) is 11.1. The third-order valence-corrected chi connectivity index (χ3v) is 3.50. The molecule has 0 aromatic rings. The van der Waals surface area contributed by atoms with Crippen LogP contribution in [0, 0.1) is 5.92 Å². The van der Waals surface area contributed by atoms with Crippen molar-refractivity contribution in [2.24, 2.45) is 5.92 Å². The molecule has 1 heterocycles. The molecule has 1 aliphatic rings. The van der Waals surface area contributed by atoms with Gasteiger partial charge >= 0.3 is 11.9 Å². The van der Waals surface area contributed by atoms with Crippen LogP contribution in [-0.4, -0.2) is 48.5 Å². The molecule has 0 radical (unpaired) electrons. The number of likely N-dealkylation sites (tertiary alicyclic amines) is 1. The van der Waals surface area contributed by atoms with Gasteiger partial charge in [-0.05, 0) is 12.8 Å². The van der Waals surface area contributed by atoms with Gasteiger partial charge in [-0.25, -0.2) is 4.79 Å². The van der Waals surface area contributed by atoms with Gasteiger partial charge < -0.3 is 14.4 Å². The summed E-state index contributed by atoms with van der Waals surface area (Å²) in [5.74, 6) is -2.15. The highest BCUT2D eigenvalue weighted by Crippen LogP contribution is 2.27. The number of hydrogen-bond acceptors (Lipinski definition) is 5. The maximum absolute atomic E-state index is 12.3. The molecule has 0 aromatic heterocycles.